The maximum atomic E-state index is 13.5. The van der Waals surface area contributed by atoms with Gasteiger partial charge in [0.15, 0.2) is 0 Å². The highest BCUT2D eigenvalue weighted by Crippen LogP contribution is 2.35. The van der Waals surface area contributed by atoms with Crippen LogP contribution >= 0.6 is 40.2 Å². The summed E-state index contributed by atoms with van der Waals surface area (Å²) >= 11 is 13.6. The Hall–Kier alpha value is 0.0700. The molecule has 0 aliphatic carbocycles. The molecule has 0 saturated heterocycles. The number of ether oxygens (including phenoxy) is 1. The monoisotopic (exact) mass is 382 g/mol. The summed E-state index contributed by atoms with van der Waals surface area (Å²) in [6.07, 6.45) is 4.27. The summed E-state index contributed by atoms with van der Waals surface area (Å²) in [6, 6.07) is 2.85. The Morgan fingerprint density at radius 3 is 2.40 bits per heavy atom. The predicted octanol–water partition coefficient (Wildman–Crippen LogP) is 6.14. The molecule has 1 aromatic carbocycles. The van der Waals surface area contributed by atoms with Gasteiger partial charge in [-0.25, -0.2) is 4.39 Å². The third-order valence-corrected chi connectivity index (χ3v) is 4.98. The van der Waals surface area contributed by atoms with Crippen LogP contribution in [0, 0.1) is 11.2 Å². The lowest BCUT2D eigenvalue weighted by molar-refractivity contribution is 0.142. The molecular weight excluding hydrogens is 363 g/mol. The van der Waals surface area contributed by atoms with Gasteiger partial charge in [0.05, 0.1) is 16.1 Å². The van der Waals surface area contributed by atoms with Crippen molar-refractivity contribution >= 4 is 40.2 Å². The zero-order chi connectivity index (χ0) is 15.2. The highest BCUT2D eigenvalue weighted by Gasteiger charge is 2.28. The lowest BCUT2D eigenvalue weighted by Crippen LogP contribution is -2.30. The van der Waals surface area contributed by atoms with E-state index in [9.17, 15) is 4.39 Å². The Kier molecular flexibility index (Phi) is 7.70. The van der Waals surface area contributed by atoms with Gasteiger partial charge in [-0.3, -0.25) is 0 Å². The molecular formula is C15H21BrClFOS. The van der Waals surface area contributed by atoms with E-state index in [0.29, 0.717) is 16.8 Å². The Labute approximate surface area is 139 Å². The lowest BCUT2D eigenvalue weighted by atomic mass is 9.82. The third kappa shape index (κ3) is 4.81. The second-order valence-corrected chi connectivity index (χ2v) is 6.72. The zero-order valence-electron chi connectivity index (χ0n) is 11.9. The first-order chi connectivity index (χ1) is 9.48. The quantitative estimate of drug-likeness (QED) is 0.419. The smallest absolute Gasteiger partial charge is 0.145 e. The average Bonchev–Trinajstić information content (AvgIpc) is 2.41. The Bertz CT molecular complexity index is 436. The van der Waals surface area contributed by atoms with Gasteiger partial charge >= 0.3 is 0 Å². The van der Waals surface area contributed by atoms with Crippen LogP contribution in [-0.2, 0) is 0 Å². The molecule has 5 heteroatoms. The van der Waals surface area contributed by atoms with Gasteiger partial charge in [-0.1, -0.05) is 38.3 Å². The molecule has 1 rings (SSSR count). The van der Waals surface area contributed by atoms with Crippen LogP contribution in [0.3, 0.4) is 0 Å². The summed E-state index contributed by atoms with van der Waals surface area (Å²) in [7, 11) is 0. The fourth-order valence-corrected chi connectivity index (χ4v) is 3.54. The molecule has 0 spiro atoms. The summed E-state index contributed by atoms with van der Waals surface area (Å²) in [5.74, 6) is 0.792. The van der Waals surface area contributed by atoms with Crippen LogP contribution in [0.25, 0.3) is 0 Å². The van der Waals surface area contributed by atoms with E-state index in [2.05, 4.69) is 42.4 Å². The second-order valence-electron chi connectivity index (χ2n) is 5.14. The van der Waals surface area contributed by atoms with Gasteiger partial charge in [-0.2, -0.15) is 12.6 Å². The van der Waals surface area contributed by atoms with Crippen molar-refractivity contribution in [2.45, 2.75) is 39.5 Å². The molecule has 0 unspecified atom stereocenters. The average molecular weight is 384 g/mol. The normalized spacial score (nSPS) is 11.7. The van der Waals surface area contributed by atoms with E-state index in [-0.39, 0.29) is 10.4 Å². The number of benzene rings is 1. The third-order valence-electron chi connectivity index (χ3n) is 3.40. The Morgan fingerprint density at radius 1 is 1.30 bits per heavy atom. The topological polar surface area (TPSA) is 9.23 Å². The first-order valence-corrected chi connectivity index (χ1v) is 8.66. The molecule has 0 aromatic heterocycles. The first-order valence-electron chi connectivity index (χ1n) is 6.86. The molecule has 0 N–H and O–H groups in total. The molecule has 0 aliphatic heterocycles. The molecule has 0 saturated carbocycles. The van der Waals surface area contributed by atoms with Crippen molar-refractivity contribution in [1.29, 1.82) is 0 Å². The van der Waals surface area contributed by atoms with Crippen LogP contribution in [0.5, 0.6) is 5.75 Å². The minimum atomic E-state index is -0.465. The highest BCUT2D eigenvalue weighted by molar-refractivity contribution is 9.10. The molecule has 1 nitrogen and oxygen atoms in total. The maximum Gasteiger partial charge on any atom is 0.145 e. The van der Waals surface area contributed by atoms with Crippen molar-refractivity contribution < 1.29 is 9.13 Å². The van der Waals surface area contributed by atoms with Crippen LogP contribution in [0.15, 0.2) is 16.6 Å². The SMILES string of the molecule is CCCC(CS)(CCC)COc1cc(F)c(Cl)cc1Br. The number of rotatable bonds is 8. The fourth-order valence-electron chi connectivity index (χ4n) is 2.38. The van der Waals surface area contributed by atoms with Crippen LogP contribution in [-0.4, -0.2) is 12.4 Å². The van der Waals surface area contributed by atoms with E-state index in [1.807, 2.05) is 0 Å². The molecule has 0 bridgehead atoms. The van der Waals surface area contributed by atoms with Crippen molar-refractivity contribution in [2.24, 2.45) is 5.41 Å². The summed E-state index contributed by atoms with van der Waals surface area (Å²) < 4.78 is 20.0. The molecule has 0 atom stereocenters. The highest BCUT2D eigenvalue weighted by atomic mass is 79.9. The van der Waals surface area contributed by atoms with Crippen molar-refractivity contribution in [3.05, 3.63) is 27.4 Å². The van der Waals surface area contributed by atoms with Crippen LogP contribution < -0.4 is 4.74 Å². The van der Waals surface area contributed by atoms with Gasteiger partial charge in [-0.15, -0.1) is 0 Å². The summed E-state index contributed by atoms with van der Waals surface area (Å²) in [5, 5.41) is 0.0896. The molecule has 1 aromatic rings. The molecule has 0 heterocycles. The van der Waals surface area contributed by atoms with Crippen LogP contribution in [0.2, 0.25) is 5.02 Å². The van der Waals surface area contributed by atoms with Gasteiger partial charge in [0.25, 0.3) is 0 Å². The molecule has 0 fully saturated rings. The standard InChI is InChI=1S/C15H21BrClFOS/c1-3-5-15(10-20,6-4-2)9-19-14-8-13(18)12(17)7-11(14)16/h7-8,20H,3-6,9-10H2,1-2H3. The van der Waals surface area contributed by atoms with E-state index < -0.39 is 5.82 Å². The Balaban J connectivity index is 2.84. The Morgan fingerprint density at radius 2 is 1.90 bits per heavy atom. The molecule has 114 valence electrons. The minimum absolute atomic E-state index is 0.0438. The van der Waals surface area contributed by atoms with Gasteiger partial charge in [0.2, 0.25) is 0 Å². The van der Waals surface area contributed by atoms with E-state index in [1.165, 1.54) is 12.1 Å². The van der Waals surface area contributed by atoms with Gasteiger partial charge in [0.1, 0.15) is 11.6 Å². The van der Waals surface area contributed by atoms with Gasteiger partial charge in [-0.05, 0) is 40.6 Å². The largest absolute Gasteiger partial charge is 0.492 e. The van der Waals surface area contributed by atoms with Crippen LogP contribution in [0.1, 0.15) is 39.5 Å². The molecule has 0 amide bonds. The second kappa shape index (κ2) is 8.50. The summed E-state index contributed by atoms with van der Waals surface area (Å²) in [6.45, 7) is 4.86. The number of thiol groups is 1. The predicted molar refractivity (Wildman–Crippen MR) is 90.7 cm³/mol. The zero-order valence-corrected chi connectivity index (χ0v) is 15.1. The van der Waals surface area contributed by atoms with Crippen molar-refractivity contribution in [1.82, 2.24) is 0 Å². The van der Waals surface area contributed by atoms with E-state index in [0.717, 1.165) is 31.4 Å². The van der Waals surface area contributed by atoms with Gasteiger partial charge in [0, 0.05) is 11.5 Å². The van der Waals surface area contributed by atoms with Crippen molar-refractivity contribution in [3.63, 3.8) is 0 Å². The summed E-state index contributed by atoms with van der Waals surface area (Å²) in [5.41, 5.74) is 0.0438. The van der Waals surface area contributed by atoms with E-state index >= 15 is 0 Å². The summed E-state index contributed by atoms with van der Waals surface area (Å²) in [4.78, 5) is 0. The molecule has 0 radical (unpaired) electrons. The van der Waals surface area contributed by atoms with Gasteiger partial charge < -0.3 is 4.74 Å². The van der Waals surface area contributed by atoms with Crippen LogP contribution in [0.4, 0.5) is 4.39 Å². The number of hydrogen-bond acceptors (Lipinski definition) is 2. The van der Waals surface area contributed by atoms with E-state index in [1.54, 1.807) is 0 Å². The minimum Gasteiger partial charge on any atom is -0.492 e. The maximum absolute atomic E-state index is 13.5. The molecule has 0 aliphatic rings. The van der Waals surface area contributed by atoms with Crippen molar-refractivity contribution in [2.75, 3.05) is 12.4 Å². The first kappa shape index (κ1) is 18.1. The lowest BCUT2D eigenvalue weighted by Gasteiger charge is -2.32. The van der Waals surface area contributed by atoms with E-state index in [4.69, 9.17) is 16.3 Å². The number of hydrogen-bond donors (Lipinski definition) is 1. The number of halogens is 3. The fraction of sp³-hybridized carbons (Fsp3) is 0.600. The van der Waals surface area contributed by atoms with Crippen molar-refractivity contribution in [3.8, 4) is 5.75 Å². The molecule has 20 heavy (non-hydrogen) atoms.